The first kappa shape index (κ1) is 14.3. The largest absolute Gasteiger partial charge is 0.300 e. The number of hydrogen-bond donors (Lipinski definition) is 2. The van der Waals surface area contributed by atoms with Crippen molar-refractivity contribution in [2.75, 3.05) is 7.05 Å². The first-order valence-electron chi connectivity index (χ1n) is 5.80. The lowest BCUT2D eigenvalue weighted by Gasteiger charge is -2.20. The molecule has 2 N–H and O–H groups in total. The third-order valence-corrected chi connectivity index (χ3v) is 2.68. The van der Waals surface area contributed by atoms with Crippen LogP contribution in [0, 0.1) is 0 Å². The number of hydroxylamine groups is 1. The lowest BCUT2D eigenvalue weighted by Crippen LogP contribution is -2.25. The molecule has 5 heteroatoms. The van der Waals surface area contributed by atoms with E-state index in [0.717, 1.165) is 12.1 Å². The van der Waals surface area contributed by atoms with E-state index < -0.39 is 5.91 Å². The Morgan fingerprint density at radius 3 is 2.78 bits per heavy atom. The van der Waals surface area contributed by atoms with E-state index in [1.807, 2.05) is 12.1 Å². The van der Waals surface area contributed by atoms with Crippen LogP contribution in [0.2, 0.25) is 0 Å². The summed E-state index contributed by atoms with van der Waals surface area (Å²) in [5.41, 5.74) is 3.32. The molecule has 0 aliphatic rings. The van der Waals surface area contributed by atoms with Gasteiger partial charge in [-0.15, -0.1) is 0 Å². The average Bonchev–Trinajstić information content (AvgIpc) is 2.37. The fraction of sp³-hybridized carbons (Fsp3) is 0.385. The van der Waals surface area contributed by atoms with Crippen LogP contribution in [0.25, 0.3) is 6.08 Å². The Kier molecular flexibility index (Phi) is 5.48. The smallest absolute Gasteiger partial charge is 0.267 e. The number of pyridine rings is 1. The predicted octanol–water partition coefficient (Wildman–Crippen LogP) is 1.44. The minimum atomic E-state index is -0.569. The van der Waals surface area contributed by atoms with E-state index in [-0.39, 0.29) is 0 Å². The molecular weight excluding hydrogens is 230 g/mol. The lowest BCUT2D eigenvalue weighted by molar-refractivity contribution is -0.124. The molecule has 1 amide bonds. The van der Waals surface area contributed by atoms with Gasteiger partial charge in [0.25, 0.3) is 5.91 Å². The Hall–Kier alpha value is -1.72. The SMILES string of the molecule is CC(C)N(C)Cc1ccc(/C=C/C(=O)NO)nc1. The summed E-state index contributed by atoms with van der Waals surface area (Å²) >= 11 is 0. The number of amides is 1. The second-order valence-electron chi connectivity index (χ2n) is 4.41. The minimum Gasteiger partial charge on any atom is -0.300 e. The van der Waals surface area contributed by atoms with E-state index in [2.05, 4.69) is 30.8 Å². The summed E-state index contributed by atoms with van der Waals surface area (Å²) in [5.74, 6) is -0.569. The van der Waals surface area contributed by atoms with E-state index in [0.29, 0.717) is 11.7 Å². The maximum Gasteiger partial charge on any atom is 0.267 e. The summed E-state index contributed by atoms with van der Waals surface area (Å²) in [6.07, 6.45) is 4.55. The number of rotatable bonds is 5. The monoisotopic (exact) mass is 249 g/mol. The highest BCUT2D eigenvalue weighted by Gasteiger charge is 2.04. The number of nitrogens with zero attached hydrogens (tertiary/aromatic N) is 2. The molecule has 0 spiro atoms. The van der Waals surface area contributed by atoms with Crippen molar-refractivity contribution in [1.82, 2.24) is 15.4 Å². The molecule has 0 atom stereocenters. The molecule has 1 rings (SSSR count). The van der Waals surface area contributed by atoms with E-state index in [4.69, 9.17) is 5.21 Å². The van der Waals surface area contributed by atoms with Crippen molar-refractivity contribution >= 4 is 12.0 Å². The lowest BCUT2D eigenvalue weighted by atomic mass is 10.2. The highest BCUT2D eigenvalue weighted by atomic mass is 16.5. The van der Waals surface area contributed by atoms with E-state index in [1.54, 1.807) is 12.3 Å². The Labute approximate surface area is 107 Å². The molecule has 0 aromatic carbocycles. The molecule has 0 saturated carbocycles. The van der Waals surface area contributed by atoms with E-state index in [9.17, 15) is 4.79 Å². The molecule has 0 fully saturated rings. The zero-order chi connectivity index (χ0) is 13.5. The van der Waals surface area contributed by atoms with Gasteiger partial charge in [0.2, 0.25) is 0 Å². The van der Waals surface area contributed by atoms with Gasteiger partial charge < -0.3 is 0 Å². The van der Waals surface area contributed by atoms with Crippen LogP contribution < -0.4 is 5.48 Å². The maximum absolute atomic E-state index is 10.8. The summed E-state index contributed by atoms with van der Waals surface area (Å²) in [6, 6.07) is 4.30. The van der Waals surface area contributed by atoms with Crippen LogP contribution in [0.5, 0.6) is 0 Å². The minimum absolute atomic E-state index is 0.484. The molecule has 0 saturated heterocycles. The van der Waals surface area contributed by atoms with Gasteiger partial charge in [0.05, 0.1) is 5.69 Å². The number of nitrogens with one attached hydrogen (secondary N) is 1. The standard InChI is InChI=1S/C13H19N3O2/c1-10(2)16(3)9-11-4-5-12(14-8-11)6-7-13(17)15-18/h4-8,10,18H,9H2,1-3H3,(H,15,17)/b7-6+. The average molecular weight is 249 g/mol. The van der Waals surface area contributed by atoms with Crippen LogP contribution >= 0.6 is 0 Å². The Balaban J connectivity index is 2.63. The van der Waals surface area contributed by atoms with Crippen molar-refractivity contribution in [3.63, 3.8) is 0 Å². The van der Waals surface area contributed by atoms with Gasteiger partial charge in [-0.25, -0.2) is 5.48 Å². The van der Waals surface area contributed by atoms with Crippen LogP contribution in [0.3, 0.4) is 0 Å². The quantitative estimate of drug-likeness (QED) is 0.471. The summed E-state index contributed by atoms with van der Waals surface area (Å²) in [4.78, 5) is 17.2. The van der Waals surface area contributed by atoms with Crippen molar-refractivity contribution in [2.24, 2.45) is 0 Å². The van der Waals surface area contributed by atoms with E-state index >= 15 is 0 Å². The van der Waals surface area contributed by atoms with E-state index in [1.165, 1.54) is 11.6 Å². The fourth-order valence-corrected chi connectivity index (χ4v) is 1.30. The zero-order valence-corrected chi connectivity index (χ0v) is 10.9. The Morgan fingerprint density at radius 1 is 1.56 bits per heavy atom. The molecule has 0 aliphatic carbocycles. The second-order valence-corrected chi connectivity index (χ2v) is 4.41. The van der Waals surface area contributed by atoms with Crippen molar-refractivity contribution in [1.29, 1.82) is 0 Å². The van der Waals surface area contributed by atoms with Gasteiger partial charge in [0, 0.05) is 24.9 Å². The van der Waals surface area contributed by atoms with Crippen LogP contribution in [0.1, 0.15) is 25.1 Å². The van der Waals surface area contributed by atoms with Crippen molar-refractivity contribution in [3.05, 3.63) is 35.7 Å². The van der Waals surface area contributed by atoms with Crippen LogP contribution in [-0.2, 0) is 11.3 Å². The molecule has 1 aromatic rings. The summed E-state index contributed by atoms with van der Waals surface area (Å²) in [7, 11) is 2.06. The van der Waals surface area contributed by atoms with Gasteiger partial charge >= 0.3 is 0 Å². The van der Waals surface area contributed by atoms with Gasteiger partial charge in [-0.3, -0.25) is 19.9 Å². The van der Waals surface area contributed by atoms with Gasteiger partial charge in [0.1, 0.15) is 0 Å². The summed E-state index contributed by atoms with van der Waals surface area (Å²) in [6.45, 7) is 5.11. The van der Waals surface area contributed by atoms with Gasteiger partial charge in [-0.05, 0) is 38.6 Å². The molecule has 1 aromatic heterocycles. The first-order chi connectivity index (χ1) is 8.52. The molecule has 18 heavy (non-hydrogen) atoms. The molecule has 5 nitrogen and oxygen atoms in total. The molecular formula is C13H19N3O2. The first-order valence-corrected chi connectivity index (χ1v) is 5.80. The predicted molar refractivity (Wildman–Crippen MR) is 69.8 cm³/mol. The van der Waals surface area contributed by atoms with Crippen molar-refractivity contribution in [2.45, 2.75) is 26.4 Å². The second kappa shape index (κ2) is 6.88. The topological polar surface area (TPSA) is 65.5 Å². The molecule has 0 radical (unpaired) electrons. The molecule has 98 valence electrons. The number of carbonyl (C=O) groups is 1. The Bertz CT molecular complexity index is 413. The number of hydrogen-bond acceptors (Lipinski definition) is 4. The molecule has 0 aliphatic heterocycles. The summed E-state index contributed by atoms with van der Waals surface area (Å²) in [5, 5.41) is 8.33. The van der Waals surface area contributed by atoms with Crippen molar-refractivity contribution in [3.8, 4) is 0 Å². The van der Waals surface area contributed by atoms with Gasteiger partial charge in [-0.1, -0.05) is 6.07 Å². The van der Waals surface area contributed by atoms with Crippen LogP contribution in [-0.4, -0.2) is 34.1 Å². The Morgan fingerprint density at radius 2 is 2.28 bits per heavy atom. The van der Waals surface area contributed by atoms with Crippen LogP contribution in [0.4, 0.5) is 0 Å². The maximum atomic E-state index is 10.8. The highest BCUT2D eigenvalue weighted by molar-refractivity contribution is 5.90. The van der Waals surface area contributed by atoms with Gasteiger partial charge in [0.15, 0.2) is 0 Å². The molecule has 0 bridgehead atoms. The molecule has 0 unspecified atom stereocenters. The normalized spacial score (nSPS) is 11.4. The third kappa shape index (κ3) is 4.65. The van der Waals surface area contributed by atoms with Gasteiger partial charge in [-0.2, -0.15) is 0 Å². The van der Waals surface area contributed by atoms with Crippen LogP contribution in [0.15, 0.2) is 24.4 Å². The number of aromatic nitrogens is 1. The fourth-order valence-electron chi connectivity index (χ4n) is 1.30. The summed E-state index contributed by atoms with van der Waals surface area (Å²) < 4.78 is 0. The highest BCUT2D eigenvalue weighted by Crippen LogP contribution is 2.06. The molecule has 1 heterocycles. The number of carbonyl (C=O) groups excluding carboxylic acids is 1. The third-order valence-electron chi connectivity index (χ3n) is 2.68. The van der Waals surface area contributed by atoms with Crippen molar-refractivity contribution < 1.29 is 10.0 Å². The zero-order valence-electron chi connectivity index (χ0n) is 10.9.